The first-order chi connectivity index (χ1) is 8.81. The molecular weight excluding hydrogens is 287 g/mol. The molecule has 0 aliphatic carbocycles. The van der Waals surface area contributed by atoms with Crippen molar-refractivity contribution >= 4 is 35.0 Å². The van der Waals surface area contributed by atoms with Gasteiger partial charge in [0.15, 0.2) is 0 Å². The lowest BCUT2D eigenvalue weighted by Crippen LogP contribution is -2.63. The zero-order chi connectivity index (χ0) is 14.2. The number of amides is 2. The number of rotatable bonds is 2. The Bertz CT molecular complexity index is 543. The Labute approximate surface area is 121 Å². The second kappa shape index (κ2) is 5.02. The van der Waals surface area contributed by atoms with E-state index in [1.54, 1.807) is 32.0 Å². The largest absolute Gasteiger partial charge is 0.341 e. The Morgan fingerprint density at radius 1 is 1.32 bits per heavy atom. The average Bonchev–Trinajstić information content (AvgIpc) is 2.30. The highest BCUT2D eigenvalue weighted by molar-refractivity contribution is 6.42. The van der Waals surface area contributed by atoms with Crippen LogP contribution in [0.5, 0.6) is 0 Å². The summed E-state index contributed by atoms with van der Waals surface area (Å²) in [6.07, 6.45) is 0. The van der Waals surface area contributed by atoms with E-state index in [2.05, 4.69) is 5.32 Å². The van der Waals surface area contributed by atoms with Gasteiger partial charge in [-0.2, -0.15) is 0 Å². The third kappa shape index (κ3) is 2.85. The first-order valence-electron chi connectivity index (χ1n) is 5.84. The number of carbonyl (C=O) groups is 2. The molecule has 1 heterocycles. The monoisotopic (exact) mass is 300 g/mol. The van der Waals surface area contributed by atoms with Gasteiger partial charge in [0, 0.05) is 6.54 Å². The Morgan fingerprint density at radius 2 is 2.00 bits per heavy atom. The lowest BCUT2D eigenvalue weighted by atomic mass is 10.00. The van der Waals surface area contributed by atoms with E-state index in [0.717, 1.165) is 5.56 Å². The van der Waals surface area contributed by atoms with E-state index in [1.807, 2.05) is 0 Å². The summed E-state index contributed by atoms with van der Waals surface area (Å²) < 4.78 is 0. The Morgan fingerprint density at radius 3 is 2.68 bits per heavy atom. The molecule has 6 heteroatoms. The van der Waals surface area contributed by atoms with Crippen LogP contribution in [0.25, 0.3) is 0 Å². The van der Waals surface area contributed by atoms with Crippen LogP contribution in [-0.4, -0.2) is 28.8 Å². The van der Waals surface area contributed by atoms with Crippen LogP contribution in [0.1, 0.15) is 19.4 Å². The molecule has 0 bridgehead atoms. The first-order valence-corrected chi connectivity index (χ1v) is 6.60. The van der Waals surface area contributed by atoms with Crippen molar-refractivity contribution in [3.63, 3.8) is 0 Å². The smallest absolute Gasteiger partial charge is 0.248 e. The van der Waals surface area contributed by atoms with Gasteiger partial charge in [-0.05, 0) is 25.5 Å². The molecule has 1 aromatic carbocycles. The van der Waals surface area contributed by atoms with Crippen molar-refractivity contribution in [2.45, 2.75) is 25.9 Å². The molecule has 1 fully saturated rings. The molecule has 0 spiro atoms. The van der Waals surface area contributed by atoms with Gasteiger partial charge in [-0.1, -0.05) is 35.3 Å². The van der Waals surface area contributed by atoms with Gasteiger partial charge in [-0.15, -0.1) is 0 Å². The molecule has 102 valence electrons. The minimum absolute atomic E-state index is 0.0328. The van der Waals surface area contributed by atoms with E-state index in [9.17, 15) is 9.59 Å². The lowest BCUT2D eigenvalue weighted by molar-refractivity contribution is -0.148. The van der Waals surface area contributed by atoms with Crippen LogP contribution in [-0.2, 0) is 16.1 Å². The summed E-state index contributed by atoms with van der Waals surface area (Å²) >= 11 is 12.0. The molecule has 19 heavy (non-hydrogen) atoms. The zero-order valence-electron chi connectivity index (χ0n) is 10.7. The van der Waals surface area contributed by atoms with Crippen molar-refractivity contribution in [1.29, 1.82) is 0 Å². The van der Waals surface area contributed by atoms with Crippen molar-refractivity contribution < 1.29 is 9.59 Å². The number of nitrogens with zero attached hydrogens (tertiary/aromatic N) is 1. The van der Waals surface area contributed by atoms with Gasteiger partial charge in [0.05, 0.1) is 16.6 Å². The summed E-state index contributed by atoms with van der Waals surface area (Å²) in [4.78, 5) is 25.3. The molecule has 0 atom stereocenters. The summed E-state index contributed by atoms with van der Waals surface area (Å²) in [6, 6.07) is 5.24. The third-order valence-corrected chi connectivity index (χ3v) is 3.86. The fourth-order valence-corrected chi connectivity index (χ4v) is 2.47. The Kier molecular flexibility index (Phi) is 3.74. The maximum absolute atomic E-state index is 12.2. The van der Waals surface area contributed by atoms with Crippen LogP contribution >= 0.6 is 23.2 Å². The van der Waals surface area contributed by atoms with Crippen LogP contribution in [0.4, 0.5) is 0 Å². The average molecular weight is 301 g/mol. The predicted molar refractivity (Wildman–Crippen MR) is 74.1 cm³/mol. The highest BCUT2D eigenvalue weighted by atomic mass is 35.5. The lowest BCUT2D eigenvalue weighted by Gasteiger charge is -2.37. The van der Waals surface area contributed by atoms with Crippen molar-refractivity contribution in [3.05, 3.63) is 33.8 Å². The molecule has 1 N–H and O–H groups in total. The number of piperazine rings is 1. The Hall–Kier alpha value is -1.26. The molecular formula is C13H14Cl2N2O2. The first kappa shape index (κ1) is 14.2. The predicted octanol–water partition coefficient (Wildman–Crippen LogP) is 2.23. The number of hydrogen-bond donors (Lipinski definition) is 1. The van der Waals surface area contributed by atoms with E-state index in [-0.39, 0.29) is 24.9 Å². The minimum atomic E-state index is -0.889. The Balaban J connectivity index is 2.25. The molecule has 1 aliphatic rings. The molecule has 0 aromatic heterocycles. The highest BCUT2D eigenvalue weighted by Crippen LogP contribution is 2.27. The summed E-state index contributed by atoms with van der Waals surface area (Å²) in [5.41, 5.74) is -0.159. The van der Waals surface area contributed by atoms with Gasteiger partial charge in [-0.3, -0.25) is 9.59 Å². The number of carbonyl (C=O) groups excluding carboxylic acids is 2. The molecule has 1 aliphatic heterocycles. The number of benzene rings is 1. The molecule has 2 amide bonds. The van der Waals surface area contributed by atoms with Crippen LogP contribution in [0, 0.1) is 0 Å². The molecule has 0 radical (unpaired) electrons. The van der Waals surface area contributed by atoms with E-state index < -0.39 is 5.54 Å². The van der Waals surface area contributed by atoms with Crippen LogP contribution in [0.2, 0.25) is 10.0 Å². The summed E-state index contributed by atoms with van der Waals surface area (Å²) in [7, 11) is 0. The van der Waals surface area contributed by atoms with E-state index in [1.165, 1.54) is 4.90 Å². The number of halogens is 2. The maximum Gasteiger partial charge on any atom is 0.248 e. The SMILES string of the molecule is CC1(C)NC(=O)CN(Cc2cccc(Cl)c2Cl)C1=O. The van der Waals surface area contributed by atoms with Gasteiger partial charge < -0.3 is 10.2 Å². The van der Waals surface area contributed by atoms with Crippen LogP contribution in [0.15, 0.2) is 18.2 Å². The molecule has 0 unspecified atom stereocenters. The zero-order valence-corrected chi connectivity index (χ0v) is 12.2. The topological polar surface area (TPSA) is 49.4 Å². The second-order valence-corrected chi connectivity index (χ2v) is 5.83. The summed E-state index contributed by atoms with van der Waals surface area (Å²) in [5.74, 6) is -0.314. The standard InChI is InChI=1S/C13H14Cl2N2O2/c1-13(2)12(19)17(7-10(18)16-13)6-8-4-3-5-9(14)11(8)15/h3-5H,6-7H2,1-2H3,(H,16,18). The number of hydrogen-bond acceptors (Lipinski definition) is 2. The molecule has 0 saturated carbocycles. The van der Waals surface area contributed by atoms with Crippen molar-refractivity contribution in [3.8, 4) is 0 Å². The quantitative estimate of drug-likeness (QED) is 0.910. The fraction of sp³-hybridized carbons (Fsp3) is 0.385. The fourth-order valence-electron chi connectivity index (χ4n) is 2.09. The van der Waals surface area contributed by atoms with Gasteiger partial charge in [0.25, 0.3) is 0 Å². The van der Waals surface area contributed by atoms with E-state index in [0.29, 0.717) is 10.0 Å². The van der Waals surface area contributed by atoms with Gasteiger partial charge in [0.2, 0.25) is 11.8 Å². The van der Waals surface area contributed by atoms with Crippen molar-refractivity contribution in [2.24, 2.45) is 0 Å². The third-order valence-electron chi connectivity index (χ3n) is 3.00. The summed E-state index contributed by atoms with van der Waals surface area (Å²) in [5, 5.41) is 3.51. The van der Waals surface area contributed by atoms with Gasteiger partial charge in [-0.25, -0.2) is 0 Å². The highest BCUT2D eigenvalue weighted by Gasteiger charge is 2.39. The molecule has 2 rings (SSSR count). The maximum atomic E-state index is 12.2. The van der Waals surface area contributed by atoms with Crippen LogP contribution < -0.4 is 5.32 Å². The summed E-state index contributed by atoms with van der Waals surface area (Å²) in [6.45, 7) is 3.66. The van der Waals surface area contributed by atoms with Crippen LogP contribution in [0.3, 0.4) is 0 Å². The second-order valence-electron chi connectivity index (χ2n) is 5.05. The van der Waals surface area contributed by atoms with Crippen molar-refractivity contribution in [2.75, 3.05) is 6.54 Å². The van der Waals surface area contributed by atoms with Gasteiger partial charge >= 0.3 is 0 Å². The van der Waals surface area contributed by atoms with Crippen molar-refractivity contribution in [1.82, 2.24) is 10.2 Å². The van der Waals surface area contributed by atoms with E-state index in [4.69, 9.17) is 23.2 Å². The van der Waals surface area contributed by atoms with E-state index >= 15 is 0 Å². The number of nitrogens with one attached hydrogen (secondary N) is 1. The van der Waals surface area contributed by atoms with Gasteiger partial charge in [0.1, 0.15) is 5.54 Å². The normalized spacial score (nSPS) is 18.4. The molecule has 4 nitrogen and oxygen atoms in total. The molecule has 1 aromatic rings. The minimum Gasteiger partial charge on any atom is -0.341 e. The molecule has 1 saturated heterocycles.